The number of carbonyl (C=O) groups is 1. The first-order valence-electron chi connectivity index (χ1n) is 15.2. The lowest BCUT2D eigenvalue weighted by molar-refractivity contribution is 0.0322. The SMILES string of the molecule is CCCCCC(OCc1ccc(OC)cc1)c1ccc(-n2c(CCCc3ccc(C(=O)OC(C)C)s3)c(O)n(P)c2=O)cc1. The number of hydrogen-bond donors (Lipinski definition) is 1. The number of hydrogen-bond acceptors (Lipinski definition) is 7. The van der Waals surface area contributed by atoms with Gasteiger partial charge in [-0.2, -0.15) is 0 Å². The minimum Gasteiger partial charge on any atom is -0.497 e. The van der Waals surface area contributed by atoms with Crippen molar-refractivity contribution >= 4 is 26.7 Å². The largest absolute Gasteiger partial charge is 0.497 e. The van der Waals surface area contributed by atoms with Gasteiger partial charge in [0.05, 0.1) is 37.3 Å². The number of aromatic nitrogens is 2. The highest BCUT2D eigenvalue weighted by atomic mass is 32.1. The summed E-state index contributed by atoms with van der Waals surface area (Å²) in [6.45, 7) is 6.33. The Kier molecular flexibility index (Phi) is 12.2. The molecule has 4 rings (SSSR count). The van der Waals surface area contributed by atoms with Crippen molar-refractivity contribution in [2.24, 2.45) is 0 Å². The van der Waals surface area contributed by atoms with Crippen molar-refractivity contribution in [1.29, 1.82) is 0 Å². The summed E-state index contributed by atoms with van der Waals surface area (Å²) in [6, 6.07) is 19.5. The summed E-state index contributed by atoms with van der Waals surface area (Å²) in [7, 11) is 3.95. The van der Waals surface area contributed by atoms with E-state index in [1.54, 1.807) is 17.7 Å². The lowest BCUT2D eigenvalue weighted by Gasteiger charge is -2.19. The van der Waals surface area contributed by atoms with E-state index < -0.39 is 0 Å². The summed E-state index contributed by atoms with van der Waals surface area (Å²) < 4.78 is 19.7. The average Bonchev–Trinajstić information content (AvgIpc) is 3.58. The molecule has 2 aromatic carbocycles. The molecule has 2 aromatic heterocycles. The van der Waals surface area contributed by atoms with E-state index in [0.29, 0.717) is 42.1 Å². The Balaban J connectivity index is 1.47. The molecule has 2 atom stereocenters. The summed E-state index contributed by atoms with van der Waals surface area (Å²) in [4.78, 5) is 27.0. The molecule has 0 fully saturated rings. The predicted octanol–water partition coefficient (Wildman–Crippen LogP) is 7.63. The third kappa shape index (κ3) is 8.62. The van der Waals surface area contributed by atoms with Gasteiger partial charge in [-0.15, -0.1) is 11.3 Å². The van der Waals surface area contributed by atoms with Crippen molar-refractivity contribution in [3.05, 3.63) is 97.7 Å². The van der Waals surface area contributed by atoms with Gasteiger partial charge in [0.1, 0.15) is 10.6 Å². The molecule has 0 spiro atoms. The number of unbranched alkanes of at least 4 members (excludes halogenated alkanes) is 2. The van der Waals surface area contributed by atoms with Crippen LogP contribution in [0, 0.1) is 0 Å². The number of thiophene rings is 1. The van der Waals surface area contributed by atoms with Crippen LogP contribution in [-0.4, -0.2) is 33.2 Å². The molecule has 4 aromatic rings. The van der Waals surface area contributed by atoms with Gasteiger partial charge in [0.25, 0.3) is 0 Å². The predicted molar refractivity (Wildman–Crippen MR) is 178 cm³/mol. The van der Waals surface area contributed by atoms with Crippen LogP contribution in [0.25, 0.3) is 5.69 Å². The Morgan fingerprint density at radius 1 is 0.977 bits per heavy atom. The number of esters is 1. The van der Waals surface area contributed by atoms with Crippen LogP contribution in [0.1, 0.15) is 90.3 Å². The minimum atomic E-state index is -0.333. The van der Waals surface area contributed by atoms with Crippen LogP contribution >= 0.6 is 20.7 Å². The first-order chi connectivity index (χ1) is 21.2. The fourth-order valence-corrected chi connectivity index (χ4v) is 6.25. The maximum absolute atomic E-state index is 13.2. The molecule has 2 heterocycles. The minimum absolute atomic E-state index is 0.0725. The van der Waals surface area contributed by atoms with E-state index in [1.165, 1.54) is 15.7 Å². The number of methoxy groups -OCH3 is 1. The molecule has 0 radical (unpaired) electrons. The van der Waals surface area contributed by atoms with E-state index in [2.05, 4.69) is 16.3 Å². The summed E-state index contributed by atoms with van der Waals surface area (Å²) in [5, 5.41) is 10.8. The number of carbonyl (C=O) groups excluding carboxylic acids is 1. The lowest BCUT2D eigenvalue weighted by atomic mass is 10.0. The summed E-state index contributed by atoms with van der Waals surface area (Å²) in [5.74, 6) is 0.426. The van der Waals surface area contributed by atoms with Crippen LogP contribution in [0.15, 0.2) is 65.5 Å². The van der Waals surface area contributed by atoms with Gasteiger partial charge in [0, 0.05) is 4.88 Å². The molecule has 0 aliphatic heterocycles. The van der Waals surface area contributed by atoms with Gasteiger partial charge in [0.15, 0.2) is 0 Å². The van der Waals surface area contributed by atoms with Crippen LogP contribution in [0.2, 0.25) is 0 Å². The molecular weight excluding hydrogens is 595 g/mol. The Labute approximate surface area is 265 Å². The second kappa shape index (κ2) is 16.1. The third-order valence-electron chi connectivity index (χ3n) is 7.40. The summed E-state index contributed by atoms with van der Waals surface area (Å²) in [5.41, 5.74) is 3.02. The van der Waals surface area contributed by atoms with Crippen LogP contribution in [-0.2, 0) is 28.9 Å². The molecule has 236 valence electrons. The molecule has 0 saturated carbocycles. The van der Waals surface area contributed by atoms with Gasteiger partial charge in [0.2, 0.25) is 5.88 Å². The van der Waals surface area contributed by atoms with Crippen LogP contribution in [0.5, 0.6) is 11.6 Å². The molecule has 0 amide bonds. The van der Waals surface area contributed by atoms with E-state index in [1.807, 2.05) is 68.4 Å². The smallest absolute Gasteiger partial charge is 0.348 e. The molecule has 0 aliphatic carbocycles. The maximum Gasteiger partial charge on any atom is 0.348 e. The fraction of sp³-hybridized carbons (Fsp3) is 0.412. The molecule has 2 unspecified atom stereocenters. The van der Waals surface area contributed by atoms with E-state index in [4.69, 9.17) is 14.2 Å². The van der Waals surface area contributed by atoms with Crippen molar-refractivity contribution in [3.8, 4) is 17.3 Å². The second-order valence-electron chi connectivity index (χ2n) is 11.1. The number of aromatic hydroxyl groups is 1. The van der Waals surface area contributed by atoms with Crippen LogP contribution < -0.4 is 10.4 Å². The van der Waals surface area contributed by atoms with Gasteiger partial charge >= 0.3 is 11.7 Å². The van der Waals surface area contributed by atoms with Crippen LogP contribution in [0.3, 0.4) is 0 Å². The number of benzene rings is 2. The normalized spacial score (nSPS) is 12.0. The Morgan fingerprint density at radius 3 is 2.36 bits per heavy atom. The Bertz CT molecular complexity index is 1560. The first-order valence-corrected chi connectivity index (χ1v) is 16.5. The highest BCUT2D eigenvalue weighted by Gasteiger charge is 2.20. The molecule has 0 aliphatic rings. The molecular formula is C34H43N2O6PS. The zero-order chi connectivity index (χ0) is 31.6. The van der Waals surface area contributed by atoms with Gasteiger partial charge in [-0.05, 0) is 96.4 Å². The Morgan fingerprint density at radius 2 is 1.70 bits per heavy atom. The van der Waals surface area contributed by atoms with Gasteiger partial charge in [-0.3, -0.25) is 4.57 Å². The monoisotopic (exact) mass is 638 g/mol. The molecule has 0 saturated heterocycles. The van der Waals surface area contributed by atoms with Crippen LogP contribution in [0.4, 0.5) is 0 Å². The fourth-order valence-electron chi connectivity index (χ4n) is 5.05. The van der Waals surface area contributed by atoms with Crippen molar-refractivity contribution < 1.29 is 24.1 Å². The maximum atomic E-state index is 13.2. The van der Waals surface area contributed by atoms with Crippen molar-refractivity contribution in [2.45, 2.75) is 84.5 Å². The lowest BCUT2D eigenvalue weighted by Crippen LogP contribution is -2.20. The summed E-state index contributed by atoms with van der Waals surface area (Å²) >= 11 is 1.41. The second-order valence-corrected chi connectivity index (χ2v) is 12.8. The zero-order valence-electron chi connectivity index (χ0n) is 26.0. The van der Waals surface area contributed by atoms with E-state index in [9.17, 15) is 14.7 Å². The molecule has 8 nitrogen and oxygen atoms in total. The number of ether oxygens (including phenoxy) is 3. The molecule has 10 heteroatoms. The Hall–Kier alpha value is -3.39. The highest BCUT2D eigenvalue weighted by molar-refractivity contribution is 7.14. The number of aryl methyl sites for hydroxylation is 1. The van der Waals surface area contributed by atoms with Gasteiger partial charge in [-0.1, -0.05) is 50.5 Å². The van der Waals surface area contributed by atoms with Crippen molar-refractivity contribution in [3.63, 3.8) is 0 Å². The van der Waals surface area contributed by atoms with Gasteiger partial charge in [-0.25, -0.2) is 13.9 Å². The first kappa shape index (κ1) is 33.5. The van der Waals surface area contributed by atoms with Crippen molar-refractivity contribution in [2.75, 3.05) is 7.11 Å². The van der Waals surface area contributed by atoms with Gasteiger partial charge < -0.3 is 19.3 Å². The molecule has 1 N–H and O–H groups in total. The van der Waals surface area contributed by atoms with E-state index in [0.717, 1.165) is 47.4 Å². The number of rotatable bonds is 16. The molecule has 0 bridgehead atoms. The highest BCUT2D eigenvalue weighted by Crippen LogP contribution is 2.29. The van der Waals surface area contributed by atoms with Crippen molar-refractivity contribution in [1.82, 2.24) is 8.90 Å². The quantitative estimate of drug-likeness (QED) is 0.0771. The standard InChI is InChI=1S/C34H43N2O6PS/c1-5-6-7-11-30(41-22-24-12-18-27(40-4)19-13-24)25-14-16-26(17-15-25)35-29(32(37)36(43)34(35)39)10-8-9-28-20-21-31(44-28)33(38)42-23(2)3/h12-21,23,30,37H,5-11,22,43H2,1-4H3. The number of imidazole rings is 1. The third-order valence-corrected chi connectivity index (χ3v) is 8.99. The average molecular weight is 639 g/mol. The topological polar surface area (TPSA) is 91.9 Å². The number of nitrogens with zero attached hydrogens (tertiary/aromatic N) is 2. The zero-order valence-corrected chi connectivity index (χ0v) is 27.9. The van der Waals surface area contributed by atoms with E-state index >= 15 is 0 Å². The summed E-state index contributed by atoms with van der Waals surface area (Å²) in [6.07, 6.45) is 5.85. The molecule has 44 heavy (non-hydrogen) atoms. The van der Waals surface area contributed by atoms with E-state index in [-0.39, 0.29) is 29.7 Å².